The van der Waals surface area contributed by atoms with Gasteiger partial charge in [-0.2, -0.15) is 0 Å². The van der Waals surface area contributed by atoms with Crippen LogP contribution in [0.2, 0.25) is 0 Å². The Labute approximate surface area is 145 Å². The van der Waals surface area contributed by atoms with Crippen LogP contribution in [-0.2, 0) is 14.3 Å². The first kappa shape index (κ1) is 22.4. The van der Waals surface area contributed by atoms with Crippen molar-refractivity contribution in [3.05, 3.63) is 0 Å². The first-order valence-electron chi connectivity index (χ1n) is 8.83. The number of rotatable bonds is 14. The van der Waals surface area contributed by atoms with Gasteiger partial charge in [0.05, 0.1) is 19.2 Å². The zero-order chi connectivity index (χ0) is 18.4. The van der Waals surface area contributed by atoms with Gasteiger partial charge in [0.1, 0.15) is 5.78 Å². The van der Waals surface area contributed by atoms with E-state index < -0.39 is 11.9 Å². The van der Waals surface area contributed by atoms with Crippen LogP contribution in [0.5, 0.6) is 0 Å². The van der Waals surface area contributed by atoms with Crippen molar-refractivity contribution >= 4 is 17.8 Å². The lowest BCUT2D eigenvalue weighted by Crippen LogP contribution is -2.46. The zero-order valence-corrected chi connectivity index (χ0v) is 15.2. The molecule has 0 aliphatic carbocycles. The van der Waals surface area contributed by atoms with Gasteiger partial charge in [-0.05, 0) is 25.7 Å². The van der Waals surface area contributed by atoms with Gasteiger partial charge in [-0.3, -0.25) is 14.9 Å². The predicted octanol–water partition coefficient (Wildman–Crippen LogP) is 1.74. The third kappa shape index (κ3) is 11.9. The highest BCUT2D eigenvalue weighted by Crippen LogP contribution is 2.06. The van der Waals surface area contributed by atoms with Crippen LogP contribution in [0, 0.1) is 5.92 Å². The molecule has 2 amide bonds. The van der Waals surface area contributed by atoms with Gasteiger partial charge >= 0.3 is 6.09 Å². The minimum atomic E-state index is -0.458. The summed E-state index contributed by atoms with van der Waals surface area (Å²) in [4.78, 5) is 34.1. The summed E-state index contributed by atoms with van der Waals surface area (Å²) < 4.78 is 4.76. The molecule has 0 aromatic rings. The molecule has 0 unspecified atom stereocenters. The lowest BCUT2D eigenvalue weighted by Gasteiger charge is -2.18. The Kier molecular flexibility index (Phi) is 12.8. The van der Waals surface area contributed by atoms with Crippen LogP contribution in [0.1, 0.15) is 59.3 Å². The van der Waals surface area contributed by atoms with E-state index in [-0.39, 0.29) is 24.3 Å². The maximum absolute atomic E-state index is 11.8. The Hall–Kier alpha value is -1.63. The Balaban J connectivity index is 3.56. The first-order chi connectivity index (χ1) is 11.4. The van der Waals surface area contributed by atoms with E-state index in [0.717, 1.165) is 32.1 Å². The van der Waals surface area contributed by atoms with Crippen molar-refractivity contribution in [3.63, 3.8) is 0 Å². The van der Waals surface area contributed by atoms with Crippen LogP contribution in [0.15, 0.2) is 0 Å². The molecule has 7 heteroatoms. The van der Waals surface area contributed by atoms with E-state index in [1.165, 1.54) is 0 Å². The molecule has 7 nitrogen and oxygen atoms in total. The van der Waals surface area contributed by atoms with Gasteiger partial charge in [-0.1, -0.05) is 33.1 Å². The SMILES string of the molecule is CCOC(=O)NCCCCCCCC(=O)CN[C@H](C(N)=O)C(C)C. The summed E-state index contributed by atoms with van der Waals surface area (Å²) in [5, 5.41) is 5.61. The highest BCUT2D eigenvalue weighted by atomic mass is 16.5. The molecule has 0 aliphatic rings. The van der Waals surface area contributed by atoms with Gasteiger partial charge in [-0.25, -0.2) is 4.79 Å². The van der Waals surface area contributed by atoms with Gasteiger partial charge < -0.3 is 15.8 Å². The van der Waals surface area contributed by atoms with E-state index in [4.69, 9.17) is 10.5 Å². The second-order valence-corrected chi connectivity index (χ2v) is 6.21. The van der Waals surface area contributed by atoms with Gasteiger partial charge in [0.25, 0.3) is 0 Å². The predicted molar refractivity (Wildman–Crippen MR) is 93.6 cm³/mol. The monoisotopic (exact) mass is 343 g/mol. The second-order valence-electron chi connectivity index (χ2n) is 6.21. The normalized spacial score (nSPS) is 12.0. The molecule has 0 saturated heterocycles. The number of Topliss-reactive ketones (excluding diaryl/α,β-unsaturated/α-hetero) is 1. The maximum Gasteiger partial charge on any atom is 0.407 e. The van der Waals surface area contributed by atoms with Crippen LogP contribution in [0.4, 0.5) is 4.79 Å². The fourth-order valence-corrected chi connectivity index (χ4v) is 2.33. The third-order valence-electron chi connectivity index (χ3n) is 3.67. The molecule has 0 aromatic carbocycles. The Morgan fingerprint density at radius 3 is 2.25 bits per heavy atom. The van der Waals surface area contributed by atoms with E-state index in [1.54, 1.807) is 6.92 Å². The molecule has 0 fully saturated rings. The van der Waals surface area contributed by atoms with E-state index in [9.17, 15) is 14.4 Å². The summed E-state index contributed by atoms with van der Waals surface area (Å²) in [5.41, 5.74) is 5.29. The Morgan fingerprint density at radius 2 is 1.67 bits per heavy atom. The molecule has 140 valence electrons. The largest absolute Gasteiger partial charge is 0.450 e. The number of alkyl carbamates (subject to hydrolysis) is 1. The zero-order valence-electron chi connectivity index (χ0n) is 15.2. The number of carbonyl (C=O) groups is 3. The van der Waals surface area contributed by atoms with Crippen molar-refractivity contribution in [2.75, 3.05) is 19.7 Å². The quantitative estimate of drug-likeness (QED) is 0.416. The molecule has 0 aromatic heterocycles. The Morgan fingerprint density at radius 1 is 1.04 bits per heavy atom. The number of nitrogens with one attached hydrogen (secondary N) is 2. The van der Waals surface area contributed by atoms with Crippen LogP contribution in [0.25, 0.3) is 0 Å². The number of hydrogen-bond acceptors (Lipinski definition) is 5. The van der Waals surface area contributed by atoms with Crippen molar-refractivity contribution in [1.82, 2.24) is 10.6 Å². The van der Waals surface area contributed by atoms with Crippen molar-refractivity contribution in [1.29, 1.82) is 0 Å². The number of primary amides is 1. The standard InChI is InChI=1S/C17H33N3O4/c1-4-24-17(23)19-11-9-7-5-6-8-10-14(21)12-20-15(13(2)3)16(18)22/h13,15,20H,4-12H2,1-3H3,(H2,18,22)(H,19,23)/t15-/m0/s1. The lowest BCUT2D eigenvalue weighted by molar-refractivity contribution is -0.121. The van der Waals surface area contributed by atoms with Gasteiger partial charge in [0.15, 0.2) is 0 Å². The van der Waals surface area contributed by atoms with E-state index in [1.807, 2.05) is 13.8 Å². The van der Waals surface area contributed by atoms with E-state index in [0.29, 0.717) is 19.6 Å². The molecule has 4 N–H and O–H groups in total. The molecule has 0 spiro atoms. The van der Waals surface area contributed by atoms with Crippen molar-refractivity contribution in [2.45, 2.75) is 65.3 Å². The highest BCUT2D eigenvalue weighted by molar-refractivity contribution is 5.83. The van der Waals surface area contributed by atoms with Crippen LogP contribution >= 0.6 is 0 Å². The average molecular weight is 343 g/mol. The van der Waals surface area contributed by atoms with Crippen molar-refractivity contribution in [3.8, 4) is 0 Å². The van der Waals surface area contributed by atoms with Gasteiger partial charge in [0.2, 0.25) is 5.91 Å². The van der Waals surface area contributed by atoms with Crippen LogP contribution < -0.4 is 16.4 Å². The topological polar surface area (TPSA) is 111 Å². The van der Waals surface area contributed by atoms with Crippen molar-refractivity contribution in [2.24, 2.45) is 11.7 Å². The van der Waals surface area contributed by atoms with Gasteiger partial charge in [0, 0.05) is 13.0 Å². The number of amides is 2. The molecule has 0 rings (SSSR count). The number of ether oxygens (including phenoxy) is 1. The number of ketones is 1. The molecule has 1 atom stereocenters. The molecular formula is C17H33N3O4. The maximum atomic E-state index is 11.8. The third-order valence-corrected chi connectivity index (χ3v) is 3.67. The number of unbranched alkanes of at least 4 members (excludes halogenated alkanes) is 4. The molecule has 24 heavy (non-hydrogen) atoms. The number of hydrogen-bond donors (Lipinski definition) is 3. The Bertz CT molecular complexity index is 386. The van der Waals surface area contributed by atoms with E-state index >= 15 is 0 Å². The minimum Gasteiger partial charge on any atom is -0.450 e. The molecule has 0 aliphatic heterocycles. The summed E-state index contributed by atoms with van der Waals surface area (Å²) >= 11 is 0. The average Bonchev–Trinajstić information content (AvgIpc) is 2.49. The fourth-order valence-electron chi connectivity index (χ4n) is 2.33. The summed E-state index contributed by atoms with van der Waals surface area (Å²) in [6.45, 7) is 6.74. The van der Waals surface area contributed by atoms with Crippen LogP contribution in [0.3, 0.4) is 0 Å². The highest BCUT2D eigenvalue weighted by Gasteiger charge is 2.19. The number of carbonyl (C=O) groups excluding carboxylic acids is 3. The number of nitrogens with two attached hydrogens (primary N) is 1. The summed E-state index contributed by atoms with van der Waals surface area (Å²) in [7, 11) is 0. The van der Waals surface area contributed by atoms with E-state index in [2.05, 4.69) is 10.6 Å². The summed E-state index contributed by atoms with van der Waals surface area (Å²) in [6.07, 6.45) is 4.91. The minimum absolute atomic E-state index is 0.0681. The molecule has 0 radical (unpaired) electrons. The van der Waals surface area contributed by atoms with Crippen LogP contribution in [-0.4, -0.2) is 43.5 Å². The lowest BCUT2D eigenvalue weighted by atomic mass is 10.0. The smallest absolute Gasteiger partial charge is 0.407 e. The summed E-state index contributed by atoms with van der Waals surface area (Å²) in [6, 6.07) is -0.458. The molecule has 0 bridgehead atoms. The first-order valence-corrected chi connectivity index (χ1v) is 8.83. The summed E-state index contributed by atoms with van der Waals surface area (Å²) in [5.74, 6) is -0.251. The molecule has 0 heterocycles. The van der Waals surface area contributed by atoms with Gasteiger partial charge in [-0.15, -0.1) is 0 Å². The molecule has 0 saturated carbocycles. The molecular weight excluding hydrogens is 310 g/mol. The van der Waals surface area contributed by atoms with Crippen molar-refractivity contribution < 1.29 is 19.1 Å². The second kappa shape index (κ2) is 13.8. The fraction of sp³-hybridized carbons (Fsp3) is 0.824.